The second-order valence-electron chi connectivity index (χ2n) is 6.58. The molecule has 1 amide bonds. The molecule has 0 spiro atoms. The first-order valence-corrected chi connectivity index (χ1v) is 10.2. The number of methoxy groups -OCH3 is 1. The van der Waals surface area contributed by atoms with Gasteiger partial charge in [-0.15, -0.1) is 0 Å². The van der Waals surface area contributed by atoms with Crippen molar-refractivity contribution in [2.45, 2.75) is 0 Å². The van der Waals surface area contributed by atoms with Crippen LogP contribution >= 0.6 is 15.9 Å². The third-order valence-corrected chi connectivity index (χ3v) is 4.96. The molecule has 0 aliphatic carbocycles. The fraction of sp³-hybridized carbons (Fsp3) is 0.0870. The van der Waals surface area contributed by atoms with Crippen molar-refractivity contribution in [3.63, 3.8) is 0 Å². The number of nitrogens with one attached hydrogen (secondary N) is 1. The summed E-state index contributed by atoms with van der Waals surface area (Å²) < 4.78 is 22.0. The predicted octanol–water partition coefficient (Wildman–Crippen LogP) is 4.17. The molecule has 0 aromatic heterocycles. The fourth-order valence-electron chi connectivity index (χ4n) is 2.89. The van der Waals surface area contributed by atoms with Crippen LogP contribution in [0.25, 0.3) is 0 Å². The van der Waals surface area contributed by atoms with Crippen LogP contribution in [-0.2, 0) is 0 Å². The fourth-order valence-corrected chi connectivity index (χ4v) is 3.29. The van der Waals surface area contributed by atoms with E-state index in [4.69, 9.17) is 18.9 Å². The van der Waals surface area contributed by atoms with Crippen molar-refractivity contribution in [1.82, 2.24) is 5.43 Å². The second-order valence-corrected chi connectivity index (χ2v) is 7.49. The Bertz CT molecular complexity index is 1210. The second kappa shape index (κ2) is 9.52. The largest absolute Gasteiger partial charge is 0.493 e. The average Bonchev–Trinajstić information content (AvgIpc) is 3.27. The number of nitrogens with zero attached hydrogens (tertiary/aromatic N) is 1. The van der Waals surface area contributed by atoms with Crippen LogP contribution in [0.5, 0.6) is 23.0 Å². The SMILES string of the molecule is COc1cc(C=NNC(=O)c2ccc3c(c2)OCO3)ccc1OC(=O)c1cccc(Br)c1. The lowest BCUT2D eigenvalue weighted by molar-refractivity contribution is 0.0729. The van der Waals surface area contributed by atoms with E-state index in [1.54, 1.807) is 54.6 Å². The predicted molar refractivity (Wildman–Crippen MR) is 120 cm³/mol. The van der Waals surface area contributed by atoms with Crippen molar-refractivity contribution in [3.05, 3.63) is 81.8 Å². The van der Waals surface area contributed by atoms with Crippen molar-refractivity contribution in [2.24, 2.45) is 5.10 Å². The number of rotatable bonds is 6. The molecule has 1 N–H and O–H groups in total. The first-order chi connectivity index (χ1) is 15.5. The number of carbonyl (C=O) groups is 2. The quantitative estimate of drug-likeness (QED) is 0.238. The molecule has 1 aliphatic rings. The van der Waals surface area contributed by atoms with E-state index in [-0.39, 0.29) is 12.5 Å². The van der Waals surface area contributed by atoms with Gasteiger partial charge in [0.15, 0.2) is 23.0 Å². The van der Waals surface area contributed by atoms with Crippen LogP contribution in [-0.4, -0.2) is 32.0 Å². The van der Waals surface area contributed by atoms with E-state index < -0.39 is 11.9 Å². The van der Waals surface area contributed by atoms with Crippen LogP contribution in [0.15, 0.2) is 70.2 Å². The number of ether oxygens (including phenoxy) is 4. The maximum absolute atomic E-state index is 12.4. The summed E-state index contributed by atoms with van der Waals surface area (Å²) in [5.74, 6) is 0.809. The number of fused-ring (bicyclic) bond motifs is 1. The van der Waals surface area contributed by atoms with Gasteiger partial charge >= 0.3 is 5.97 Å². The summed E-state index contributed by atoms with van der Waals surface area (Å²) in [7, 11) is 1.47. The van der Waals surface area contributed by atoms with Gasteiger partial charge in [0.2, 0.25) is 6.79 Å². The third kappa shape index (κ3) is 4.89. The normalized spacial score (nSPS) is 11.9. The Morgan fingerprint density at radius 3 is 2.66 bits per heavy atom. The van der Waals surface area contributed by atoms with Gasteiger partial charge in [-0.2, -0.15) is 5.10 Å². The third-order valence-electron chi connectivity index (χ3n) is 4.47. The monoisotopic (exact) mass is 496 g/mol. The number of amides is 1. The summed E-state index contributed by atoms with van der Waals surface area (Å²) in [4.78, 5) is 24.7. The molecule has 1 aliphatic heterocycles. The molecule has 0 bridgehead atoms. The van der Waals surface area contributed by atoms with Gasteiger partial charge in [-0.3, -0.25) is 4.79 Å². The first kappa shape index (κ1) is 21.4. The van der Waals surface area contributed by atoms with Gasteiger partial charge < -0.3 is 18.9 Å². The molecule has 0 saturated carbocycles. The van der Waals surface area contributed by atoms with Crippen molar-refractivity contribution in [1.29, 1.82) is 0 Å². The molecule has 3 aromatic carbocycles. The van der Waals surface area contributed by atoms with Gasteiger partial charge in [-0.05, 0) is 60.2 Å². The van der Waals surface area contributed by atoms with Crippen LogP contribution in [0.1, 0.15) is 26.3 Å². The molecule has 3 aromatic rings. The van der Waals surface area contributed by atoms with Crippen molar-refractivity contribution >= 4 is 34.0 Å². The molecule has 0 radical (unpaired) electrons. The standard InChI is InChI=1S/C23H17BrN2O6/c1-29-20-9-14(5-7-19(20)32-23(28)16-3-2-4-17(24)10-16)12-25-26-22(27)15-6-8-18-21(11-15)31-13-30-18/h2-12H,13H2,1H3,(H,26,27). The smallest absolute Gasteiger partial charge is 0.343 e. The van der Waals surface area contributed by atoms with Gasteiger partial charge in [-0.25, -0.2) is 10.2 Å². The number of hydrogen-bond donors (Lipinski definition) is 1. The highest BCUT2D eigenvalue weighted by molar-refractivity contribution is 9.10. The highest BCUT2D eigenvalue weighted by atomic mass is 79.9. The van der Waals surface area contributed by atoms with E-state index in [0.29, 0.717) is 33.9 Å². The van der Waals surface area contributed by atoms with Crippen LogP contribution < -0.4 is 24.4 Å². The zero-order valence-electron chi connectivity index (χ0n) is 16.8. The maximum Gasteiger partial charge on any atom is 0.343 e. The van der Waals surface area contributed by atoms with E-state index in [0.717, 1.165) is 4.47 Å². The Morgan fingerprint density at radius 2 is 1.84 bits per heavy atom. The van der Waals surface area contributed by atoms with Gasteiger partial charge in [0.05, 0.1) is 18.9 Å². The Hall–Kier alpha value is -3.85. The molecule has 0 saturated heterocycles. The zero-order chi connectivity index (χ0) is 22.5. The minimum absolute atomic E-state index is 0.134. The number of hydrogen-bond acceptors (Lipinski definition) is 7. The minimum atomic E-state index is -0.512. The Labute approximate surface area is 191 Å². The van der Waals surface area contributed by atoms with E-state index in [1.165, 1.54) is 13.3 Å². The lowest BCUT2D eigenvalue weighted by Crippen LogP contribution is -2.17. The molecule has 4 rings (SSSR count). The van der Waals surface area contributed by atoms with E-state index >= 15 is 0 Å². The number of esters is 1. The highest BCUT2D eigenvalue weighted by Gasteiger charge is 2.16. The average molecular weight is 497 g/mol. The molecular weight excluding hydrogens is 480 g/mol. The van der Waals surface area contributed by atoms with E-state index in [9.17, 15) is 9.59 Å². The first-order valence-electron chi connectivity index (χ1n) is 9.42. The van der Waals surface area contributed by atoms with Gasteiger partial charge in [0.25, 0.3) is 5.91 Å². The Balaban J connectivity index is 1.41. The molecule has 1 heterocycles. The van der Waals surface area contributed by atoms with E-state index in [2.05, 4.69) is 26.5 Å². The molecule has 0 atom stereocenters. The topological polar surface area (TPSA) is 95.5 Å². The maximum atomic E-state index is 12.4. The molecule has 32 heavy (non-hydrogen) atoms. The molecular formula is C23H17BrN2O6. The Kier molecular flexibility index (Phi) is 6.37. The number of halogens is 1. The van der Waals surface area contributed by atoms with Crippen molar-refractivity contribution < 1.29 is 28.5 Å². The minimum Gasteiger partial charge on any atom is -0.493 e. The number of benzene rings is 3. The van der Waals surface area contributed by atoms with Gasteiger partial charge in [0.1, 0.15) is 0 Å². The van der Waals surface area contributed by atoms with Crippen LogP contribution in [0.3, 0.4) is 0 Å². The lowest BCUT2D eigenvalue weighted by Gasteiger charge is -2.10. The number of hydrazone groups is 1. The summed E-state index contributed by atoms with van der Waals surface area (Å²) in [6.45, 7) is 0.134. The molecule has 0 unspecified atom stereocenters. The summed E-state index contributed by atoms with van der Waals surface area (Å²) in [6.07, 6.45) is 1.45. The van der Waals surface area contributed by atoms with Crippen LogP contribution in [0, 0.1) is 0 Å². The van der Waals surface area contributed by atoms with E-state index in [1.807, 2.05) is 6.07 Å². The molecule has 0 fully saturated rings. The molecule has 162 valence electrons. The highest BCUT2D eigenvalue weighted by Crippen LogP contribution is 2.32. The molecule has 9 heteroatoms. The Morgan fingerprint density at radius 1 is 1.00 bits per heavy atom. The number of carbonyl (C=O) groups excluding carboxylic acids is 2. The van der Waals surface area contributed by atoms with Crippen LogP contribution in [0.2, 0.25) is 0 Å². The summed E-state index contributed by atoms with van der Waals surface area (Å²) in [5.41, 5.74) is 3.88. The molecule has 8 nitrogen and oxygen atoms in total. The lowest BCUT2D eigenvalue weighted by atomic mass is 10.2. The zero-order valence-corrected chi connectivity index (χ0v) is 18.4. The summed E-state index contributed by atoms with van der Waals surface area (Å²) in [5, 5.41) is 3.97. The van der Waals surface area contributed by atoms with Crippen molar-refractivity contribution in [3.8, 4) is 23.0 Å². The van der Waals surface area contributed by atoms with Gasteiger partial charge in [0, 0.05) is 10.0 Å². The van der Waals surface area contributed by atoms with Crippen molar-refractivity contribution in [2.75, 3.05) is 13.9 Å². The summed E-state index contributed by atoms with van der Waals surface area (Å²) in [6, 6.07) is 16.7. The van der Waals surface area contributed by atoms with Gasteiger partial charge in [-0.1, -0.05) is 22.0 Å². The van der Waals surface area contributed by atoms with Crippen LogP contribution in [0.4, 0.5) is 0 Å². The summed E-state index contributed by atoms with van der Waals surface area (Å²) >= 11 is 3.33.